The van der Waals surface area contributed by atoms with E-state index in [1.807, 2.05) is 0 Å². The molecule has 0 bridgehead atoms. The van der Waals surface area contributed by atoms with Crippen LogP contribution in [0.15, 0.2) is 0 Å². The van der Waals surface area contributed by atoms with Gasteiger partial charge in [-0.1, -0.05) is 0 Å². The van der Waals surface area contributed by atoms with E-state index in [2.05, 4.69) is 0 Å². The van der Waals surface area contributed by atoms with Gasteiger partial charge >= 0.3 is 5.66 Å². The molecular weight excluding hydrogens is 168 g/mol. The van der Waals surface area contributed by atoms with Gasteiger partial charge < -0.3 is 5.11 Å². The average Bonchev–Trinajstić information content (AvgIpc) is 1.99. The highest BCUT2D eigenvalue weighted by Crippen LogP contribution is 2.16. The van der Waals surface area contributed by atoms with Crippen LogP contribution in [0.4, 0.5) is 0 Å². The van der Waals surface area contributed by atoms with Gasteiger partial charge in [0.15, 0.2) is 0 Å². The van der Waals surface area contributed by atoms with Crippen LogP contribution in [0.1, 0.15) is 19.8 Å². The normalized spacial score (nSPS) is 11.2. The van der Waals surface area contributed by atoms with Crippen LogP contribution in [0.5, 0.6) is 0 Å². The topological polar surface area (TPSA) is 107 Å². The molecule has 0 atom stereocenters. The molecule has 0 amide bonds. The SMILES string of the molecule is CC(CCCO)([N+](=O)[O-])[N+](=O)[O-]. The van der Waals surface area contributed by atoms with Gasteiger partial charge in [-0.2, -0.15) is 0 Å². The number of aliphatic hydroxyl groups is 1. The Labute approximate surface area is 68.3 Å². The van der Waals surface area contributed by atoms with E-state index in [0.29, 0.717) is 0 Å². The minimum atomic E-state index is -2.16. The Hall–Kier alpha value is -1.24. The van der Waals surface area contributed by atoms with E-state index in [1.165, 1.54) is 0 Å². The molecule has 70 valence electrons. The molecule has 0 spiro atoms. The summed E-state index contributed by atoms with van der Waals surface area (Å²) in [6, 6.07) is 0. The third-order valence-electron chi connectivity index (χ3n) is 1.60. The summed E-state index contributed by atoms with van der Waals surface area (Å²) in [5.74, 6) is 0. The molecule has 0 aromatic heterocycles. The van der Waals surface area contributed by atoms with Crippen LogP contribution < -0.4 is 0 Å². The fourth-order valence-electron chi connectivity index (χ4n) is 0.663. The highest BCUT2D eigenvalue weighted by molar-refractivity contribution is 4.59. The first-order valence-corrected chi connectivity index (χ1v) is 3.35. The van der Waals surface area contributed by atoms with Crippen molar-refractivity contribution in [1.29, 1.82) is 0 Å². The Balaban J connectivity index is 4.40. The Kier molecular flexibility index (Phi) is 3.55. The summed E-state index contributed by atoms with van der Waals surface area (Å²) in [5.41, 5.74) is -2.16. The summed E-state index contributed by atoms with van der Waals surface area (Å²) in [5, 5.41) is 28.8. The first kappa shape index (κ1) is 10.8. The monoisotopic (exact) mass is 178 g/mol. The summed E-state index contributed by atoms with van der Waals surface area (Å²) in [6.45, 7) is 0.653. The van der Waals surface area contributed by atoms with Crippen molar-refractivity contribution in [3.8, 4) is 0 Å². The Morgan fingerprint density at radius 2 is 1.75 bits per heavy atom. The van der Waals surface area contributed by atoms with Gasteiger partial charge in [-0.05, 0) is 6.42 Å². The van der Waals surface area contributed by atoms with Crippen LogP contribution in [0.3, 0.4) is 0 Å². The molecule has 0 aliphatic carbocycles. The lowest BCUT2D eigenvalue weighted by Gasteiger charge is -2.10. The predicted octanol–water partition coefficient (Wildman–Crippen LogP) is 0.0285. The second kappa shape index (κ2) is 3.96. The maximum Gasteiger partial charge on any atom is 0.455 e. The van der Waals surface area contributed by atoms with E-state index in [1.54, 1.807) is 0 Å². The number of hydrogen-bond donors (Lipinski definition) is 1. The van der Waals surface area contributed by atoms with Crippen LogP contribution in [-0.2, 0) is 0 Å². The van der Waals surface area contributed by atoms with Crippen molar-refractivity contribution >= 4 is 0 Å². The molecule has 12 heavy (non-hydrogen) atoms. The van der Waals surface area contributed by atoms with Crippen molar-refractivity contribution in [1.82, 2.24) is 0 Å². The molecule has 0 saturated carbocycles. The second-order valence-corrected chi connectivity index (χ2v) is 2.56. The minimum Gasteiger partial charge on any atom is -0.396 e. The zero-order valence-electron chi connectivity index (χ0n) is 6.60. The number of nitrogens with zero attached hydrogens (tertiary/aromatic N) is 2. The van der Waals surface area contributed by atoms with Gasteiger partial charge in [0, 0.05) is 6.61 Å². The van der Waals surface area contributed by atoms with E-state index in [0.717, 1.165) is 6.92 Å². The molecule has 0 fully saturated rings. The number of rotatable bonds is 5. The molecule has 0 rings (SSSR count). The van der Waals surface area contributed by atoms with Crippen LogP contribution in [0.2, 0.25) is 0 Å². The lowest BCUT2D eigenvalue weighted by atomic mass is 10.1. The third kappa shape index (κ3) is 2.12. The van der Waals surface area contributed by atoms with Gasteiger partial charge in [-0.15, -0.1) is 0 Å². The third-order valence-corrected chi connectivity index (χ3v) is 1.60. The number of aliphatic hydroxyl groups excluding tert-OH is 1. The van der Waals surface area contributed by atoms with E-state index in [9.17, 15) is 20.2 Å². The summed E-state index contributed by atoms with van der Waals surface area (Å²) >= 11 is 0. The molecular formula is C5H10N2O5. The minimum absolute atomic E-state index is 0.0540. The summed E-state index contributed by atoms with van der Waals surface area (Å²) in [6.07, 6.45) is -0.206. The van der Waals surface area contributed by atoms with Crippen molar-refractivity contribution in [2.24, 2.45) is 0 Å². The Morgan fingerprint density at radius 3 is 2.00 bits per heavy atom. The van der Waals surface area contributed by atoms with E-state index < -0.39 is 15.5 Å². The standard InChI is InChI=1S/C5H10N2O5/c1-5(6(9)10,7(11)12)3-2-4-8/h8H,2-4H2,1H3. The van der Waals surface area contributed by atoms with Gasteiger partial charge in [0.1, 0.15) is 0 Å². The predicted molar refractivity (Wildman–Crippen MR) is 38.7 cm³/mol. The summed E-state index contributed by atoms with van der Waals surface area (Å²) in [7, 11) is 0. The van der Waals surface area contributed by atoms with Crippen molar-refractivity contribution in [2.45, 2.75) is 25.4 Å². The number of hydrogen-bond acceptors (Lipinski definition) is 5. The molecule has 1 N–H and O–H groups in total. The van der Waals surface area contributed by atoms with Gasteiger partial charge in [0.25, 0.3) is 0 Å². The molecule has 0 aromatic carbocycles. The lowest BCUT2D eigenvalue weighted by Crippen LogP contribution is -2.43. The van der Waals surface area contributed by atoms with Crippen molar-refractivity contribution in [3.05, 3.63) is 20.2 Å². The molecule has 0 saturated heterocycles. The highest BCUT2D eigenvalue weighted by atomic mass is 16.7. The summed E-state index contributed by atoms with van der Waals surface area (Å²) in [4.78, 5) is 18.6. The Bertz CT molecular complexity index is 178. The van der Waals surface area contributed by atoms with Gasteiger partial charge in [0.2, 0.25) is 0 Å². The molecule has 0 aliphatic rings. The first-order valence-electron chi connectivity index (χ1n) is 3.35. The first-order chi connectivity index (χ1) is 5.45. The van der Waals surface area contributed by atoms with Gasteiger partial charge in [-0.3, -0.25) is 20.2 Å². The molecule has 0 aromatic rings. The van der Waals surface area contributed by atoms with Crippen molar-refractivity contribution in [3.63, 3.8) is 0 Å². The molecule has 0 unspecified atom stereocenters. The lowest BCUT2D eigenvalue weighted by molar-refractivity contribution is -0.793. The molecule has 0 aliphatic heterocycles. The molecule has 7 heteroatoms. The second-order valence-electron chi connectivity index (χ2n) is 2.56. The van der Waals surface area contributed by atoms with E-state index >= 15 is 0 Å². The fraction of sp³-hybridized carbons (Fsp3) is 1.00. The fourth-order valence-corrected chi connectivity index (χ4v) is 0.663. The largest absolute Gasteiger partial charge is 0.455 e. The van der Waals surface area contributed by atoms with Crippen LogP contribution in [0.25, 0.3) is 0 Å². The van der Waals surface area contributed by atoms with E-state index in [-0.39, 0.29) is 19.4 Å². The average molecular weight is 178 g/mol. The van der Waals surface area contributed by atoms with Gasteiger partial charge in [-0.25, -0.2) is 0 Å². The summed E-state index contributed by atoms with van der Waals surface area (Å²) < 4.78 is 0. The quantitative estimate of drug-likeness (QED) is 0.363. The van der Waals surface area contributed by atoms with Crippen molar-refractivity contribution < 1.29 is 15.0 Å². The molecule has 7 nitrogen and oxygen atoms in total. The van der Waals surface area contributed by atoms with Crippen LogP contribution in [-0.4, -0.2) is 27.2 Å². The maximum atomic E-state index is 10.3. The molecule has 0 radical (unpaired) electrons. The van der Waals surface area contributed by atoms with E-state index in [4.69, 9.17) is 5.11 Å². The highest BCUT2D eigenvalue weighted by Gasteiger charge is 2.49. The van der Waals surface area contributed by atoms with Gasteiger partial charge in [0.05, 0.1) is 23.2 Å². The zero-order valence-corrected chi connectivity index (χ0v) is 6.60. The van der Waals surface area contributed by atoms with Crippen LogP contribution >= 0.6 is 0 Å². The Morgan fingerprint density at radius 1 is 1.33 bits per heavy atom. The zero-order chi connectivity index (χ0) is 9.78. The smallest absolute Gasteiger partial charge is 0.396 e. The van der Waals surface area contributed by atoms with Crippen molar-refractivity contribution in [2.75, 3.05) is 6.61 Å². The number of nitro groups is 2. The maximum absolute atomic E-state index is 10.3. The molecule has 0 heterocycles. The van der Waals surface area contributed by atoms with Crippen LogP contribution in [0, 0.1) is 20.2 Å².